The summed E-state index contributed by atoms with van der Waals surface area (Å²) in [7, 11) is 0. The molecular formula is C24H29N3O2S. The molecule has 1 saturated heterocycles. The summed E-state index contributed by atoms with van der Waals surface area (Å²) in [6.45, 7) is 9.74. The number of amides is 1. The number of carbonyl (C=O) groups excluding carboxylic acids is 1. The van der Waals surface area contributed by atoms with Crippen LogP contribution >= 0.6 is 11.8 Å². The second-order valence-corrected chi connectivity index (χ2v) is 8.80. The number of fused-ring (bicyclic) bond motifs is 1. The van der Waals surface area contributed by atoms with Gasteiger partial charge < -0.3 is 10.1 Å². The number of ether oxygens (including phenoxy) is 1. The van der Waals surface area contributed by atoms with Crippen molar-refractivity contribution < 1.29 is 9.53 Å². The van der Waals surface area contributed by atoms with E-state index in [-0.39, 0.29) is 5.91 Å². The normalized spacial score (nSPS) is 16.7. The number of carbonyl (C=O) groups is 1. The van der Waals surface area contributed by atoms with Crippen LogP contribution in [0.4, 0.5) is 5.69 Å². The van der Waals surface area contributed by atoms with Crippen LogP contribution in [0.1, 0.15) is 11.1 Å². The Morgan fingerprint density at radius 1 is 1.13 bits per heavy atom. The van der Waals surface area contributed by atoms with Crippen molar-refractivity contribution in [1.82, 2.24) is 9.80 Å². The molecule has 4 rings (SSSR count). The third kappa shape index (κ3) is 5.45. The monoisotopic (exact) mass is 423 g/mol. The Hall–Kier alpha value is -2.28. The fourth-order valence-corrected chi connectivity index (χ4v) is 4.69. The molecule has 0 aliphatic carbocycles. The van der Waals surface area contributed by atoms with Crippen molar-refractivity contribution in [2.75, 3.05) is 50.4 Å². The molecule has 1 amide bonds. The van der Waals surface area contributed by atoms with Gasteiger partial charge in [-0.25, -0.2) is 0 Å². The molecule has 0 radical (unpaired) electrons. The van der Waals surface area contributed by atoms with Gasteiger partial charge in [0.05, 0.1) is 18.8 Å². The highest BCUT2D eigenvalue weighted by Crippen LogP contribution is 2.27. The lowest BCUT2D eigenvalue weighted by Gasteiger charge is -2.34. The summed E-state index contributed by atoms with van der Waals surface area (Å²) in [5.41, 5.74) is 3.56. The number of hydrogen-bond acceptors (Lipinski definition) is 5. The van der Waals surface area contributed by atoms with Crippen LogP contribution in [0, 0.1) is 0 Å². The molecule has 2 aromatic carbocycles. The zero-order chi connectivity index (χ0) is 20.8. The summed E-state index contributed by atoms with van der Waals surface area (Å²) in [5.74, 6) is 1.92. The number of rotatable bonds is 8. The number of benzene rings is 2. The molecule has 1 N–H and O–H groups in total. The predicted molar refractivity (Wildman–Crippen MR) is 123 cm³/mol. The van der Waals surface area contributed by atoms with Crippen molar-refractivity contribution >= 4 is 23.4 Å². The molecule has 0 unspecified atom stereocenters. The lowest BCUT2D eigenvalue weighted by Crippen LogP contribution is -2.48. The Morgan fingerprint density at radius 2 is 1.93 bits per heavy atom. The highest BCUT2D eigenvalue weighted by atomic mass is 32.2. The van der Waals surface area contributed by atoms with E-state index in [0.717, 1.165) is 67.8 Å². The molecule has 2 aliphatic rings. The Kier molecular flexibility index (Phi) is 7.10. The summed E-state index contributed by atoms with van der Waals surface area (Å²) in [6.07, 6.45) is 2.89. The van der Waals surface area contributed by atoms with Crippen molar-refractivity contribution in [3.63, 3.8) is 0 Å². The summed E-state index contributed by atoms with van der Waals surface area (Å²) in [4.78, 5) is 18.4. The van der Waals surface area contributed by atoms with Crippen LogP contribution in [0.25, 0.3) is 0 Å². The molecule has 0 saturated carbocycles. The topological polar surface area (TPSA) is 44.8 Å². The van der Waals surface area contributed by atoms with Gasteiger partial charge in [0.15, 0.2) is 0 Å². The number of anilines is 1. The highest BCUT2D eigenvalue weighted by Gasteiger charge is 2.20. The molecule has 0 spiro atoms. The second-order valence-electron chi connectivity index (χ2n) is 7.74. The van der Waals surface area contributed by atoms with Crippen LogP contribution in [0.3, 0.4) is 0 Å². The number of nitrogens with zero attached hydrogens (tertiary/aromatic N) is 2. The Labute approximate surface area is 183 Å². The van der Waals surface area contributed by atoms with Gasteiger partial charge in [0.1, 0.15) is 5.75 Å². The summed E-state index contributed by atoms with van der Waals surface area (Å²) in [6, 6.07) is 14.5. The largest absolute Gasteiger partial charge is 0.493 e. The van der Waals surface area contributed by atoms with E-state index in [4.69, 9.17) is 4.74 Å². The molecule has 6 heteroatoms. The van der Waals surface area contributed by atoms with E-state index in [2.05, 4.69) is 39.9 Å². The number of thioether (sulfide) groups is 1. The summed E-state index contributed by atoms with van der Waals surface area (Å²) in [5, 5.41) is 3.08. The maximum Gasteiger partial charge on any atom is 0.238 e. The van der Waals surface area contributed by atoms with Crippen molar-refractivity contribution in [2.45, 2.75) is 17.9 Å². The van der Waals surface area contributed by atoms with E-state index in [1.807, 2.05) is 30.3 Å². The van der Waals surface area contributed by atoms with E-state index in [0.29, 0.717) is 6.54 Å². The average Bonchev–Trinajstić information content (AvgIpc) is 3.22. The molecule has 0 atom stereocenters. The highest BCUT2D eigenvalue weighted by molar-refractivity contribution is 7.99. The number of nitrogens with one attached hydrogen (secondary N) is 1. The van der Waals surface area contributed by atoms with Crippen LogP contribution in [0.15, 0.2) is 60.0 Å². The minimum atomic E-state index is 0.0497. The summed E-state index contributed by atoms with van der Waals surface area (Å²) < 4.78 is 5.60. The Morgan fingerprint density at radius 3 is 2.77 bits per heavy atom. The van der Waals surface area contributed by atoms with Gasteiger partial charge in [-0.2, -0.15) is 0 Å². The van der Waals surface area contributed by atoms with Gasteiger partial charge >= 0.3 is 0 Å². The molecular weight excluding hydrogens is 394 g/mol. The standard InChI is InChI=1S/C24H29N3O2S/c1-2-15-30-23-6-4-3-5-21(23)25-24(28)18-27-12-10-26(11-13-27)17-19-7-8-22-20(16-19)9-14-29-22/h2-8,16H,1,9-15,17-18H2,(H,25,28). The van der Waals surface area contributed by atoms with E-state index in [1.165, 1.54) is 11.1 Å². The van der Waals surface area contributed by atoms with Gasteiger partial charge in [-0.3, -0.25) is 14.6 Å². The molecule has 5 nitrogen and oxygen atoms in total. The quantitative estimate of drug-likeness (QED) is 0.519. The van der Waals surface area contributed by atoms with Crippen molar-refractivity contribution in [3.8, 4) is 5.75 Å². The first kappa shape index (κ1) is 21.0. The average molecular weight is 424 g/mol. The van der Waals surface area contributed by atoms with Crippen LogP contribution in [0.2, 0.25) is 0 Å². The first-order chi connectivity index (χ1) is 14.7. The number of piperazine rings is 1. The smallest absolute Gasteiger partial charge is 0.238 e. The fourth-order valence-electron chi connectivity index (χ4n) is 3.94. The maximum atomic E-state index is 12.6. The predicted octanol–water partition coefficient (Wildman–Crippen LogP) is 3.66. The number of para-hydroxylation sites is 1. The van der Waals surface area contributed by atoms with Gasteiger partial charge in [0.2, 0.25) is 5.91 Å². The van der Waals surface area contributed by atoms with E-state index in [9.17, 15) is 4.79 Å². The minimum absolute atomic E-state index is 0.0497. The van der Waals surface area contributed by atoms with Crippen molar-refractivity contribution in [2.24, 2.45) is 0 Å². The zero-order valence-corrected chi connectivity index (χ0v) is 18.1. The molecule has 158 valence electrons. The molecule has 2 heterocycles. The molecule has 2 aromatic rings. The SMILES string of the molecule is C=CCSc1ccccc1NC(=O)CN1CCN(Cc2ccc3c(c2)CCO3)CC1. The lowest BCUT2D eigenvalue weighted by atomic mass is 10.1. The molecule has 0 bridgehead atoms. The Bertz CT molecular complexity index is 894. The van der Waals surface area contributed by atoms with E-state index in [1.54, 1.807) is 11.8 Å². The zero-order valence-electron chi connectivity index (χ0n) is 17.3. The Balaban J connectivity index is 1.24. The lowest BCUT2D eigenvalue weighted by molar-refractivity contribution is -0.117. The van der Waals surface area contributed by atoms with Gasteiger partial charge in [-0.1, -0.05) is 30.3 Å². The van der Waals surface area contributed by atoms with Crippen LogP contribution < -0.4 is 10.1 Å². The second kappa shape index (κ2) is 10.2. The first-order valence-corrected chi connectivity index (χ1v) is 11.5. The van der Waals surface area contributed by atoms with E-state index < -0.39 is 0 Å². The van der Waals surface area contributed by atoms with Gasteiger partial charge in [0, 0.05) is 49.8 Å². The summed E-state index contributed by atoms with van der Waals surface area (Å²) >= 11 is 1.68. The van der Waals surface area contributed by atoms with E-state index >= 15 is 0 Å². The van der Waals surface area contributed by atoms with Crippen LogP contribution in [-0.4, -0.2) is 60.8 Å². The maximum absolute atomic E-state index is 12.6. The van der Waals surface area contributed by atoms with Crippen molar-refractivity contribution in [1.29, 1.82) is 0 Å². The third-order valence-electron chi connectivity index (χ3n) is 5.51. The fraction of sp³-hybridized carbons (Fsp3) is 0.375. The first-order valence-electron chi connectivity index (χ1n) is 10.5. The van der Waals surface area contributed by atoms with Crippen LogP contribution in [0.5, 0.6) is 5.75 Å². The molecule has 2 aliphatic heterocycles. The van der Waals surface area contributed by atoms with Gasteiger partial charge in [0.25, 0.3) is 0 Å². The number of hydrogen-bond donors (Lipinski definition) is 1. The molecule has 0 aromatic heterocycles. The van der Waals surface area contributed by atoms with Crippen LogP contribution in [-0.2, 0) is 17.8 Å². The molecule has 30 heavy (non-hydrogen) atoms. The molecule has 1 fully saturated rings. The van der Waals surface area contributed by atoms with Gasteiger partial charge in [-0.15, -0.1) is 18.3 Å². The minimum Gasteiger partial charge on any atom is -0.493 e. The third-order valence-corrected chi connectivity index (χ3v) is 6.58. The van der Waals surface area contributed by atoms with Gasteiger partial charge in [-0.05, 0) is 29.3 Å². The van der Waals surface area contributed by atoms with Crippen molar-refractivity contribution in [3.05, 3.63) is 66.2 Å².